The van der Waals surface area contributed by atoms with Gasteiger partial charge in [-0.1, -0.05) is 178 Å². The average molecular weight is 924 g/mol. The lowest BCUT2D eigenvalue weighted by Gasteiger charge is -2.27. The van der Waals surface area contributed by atoms with E-state index in [0.29, 0.717) is 0 Å². The van der Waals surface area contributed by atoms with Gasteiger partial charge in [-0.2, -0.15) is 0 Å². The highest BCUT2D eigenvalue weighted by atomic mass is 16.3. The molecule has 0 aliphatic heterocycles. The van der Waals surface area contributed by atoms with E-state index >= 15 is 0 Å². The molecule has 0 spiro atoms. The van der Waals surface area contributed by atoms with Gasteiger partial charge in [-0.25, -0.2) is 0 Å². The number of benzene rings is 9. The fourth-order valence-corrected chi connectivity index (χ4v) is 10.8. The van der Waals surface area contributed by atoms with Gasteiger partial charge >= 0.3 is 0 Å². The van der Waals surface area contributed by atoms with E-state index < -0.39 is 0 Å². The zero-order valence-corrected chi connectivity index (χ0v) is 40.9. The van der Waals surface area contributed by atoms with E-state index in [1.807, 2.05) is 6.08 Å². The SMILES string of the molecule is C#C/C=C\c1c(C)c2ccccc2n1-c1ccc(-c2ccc3oc4ccc(C(C)(C)c5cccc(-c6cccc(-c7cccc(-c8cccc(-c9cccc(C%10=CCCC=C%10)c9)c8)c7)c6)c5)cc4c3c2)cc1. The molecular formula is C70H53NO. The van der Waals surface area contributed by atoms with Crippen LogP contribution in [0.2, 0.25) is 0 Å². The van der Waals surface area contributed by atoms with Crippen molar-refractivity contribution < 1.29 is 4.42 Å². The number of hydrogen-bond donors (Lipinski definition) is 0. The summed E-state index contributed by atoms with van der Waals surface area (Å²) in [7, 11) is 0. The Morgan fingerprint density at radius 3 is 1.61 bits per heavy atom. The Hall–Kier alpha value is -8.90. The van der Waals surface area contributed by atoms with Crippen molar-refractivity contribution in [3.63, 3.8) is 0 Å². The smallest absolute Gasteiger partial charge is 0.135 e. The maximum atomic E-state index is 6.46. The first-order chi connectivity index (χ1) is 35.3. The van der Waals surface area contributed by atoms with Gasteiger partial charge in [-0.05, 0) is 182 Å². The van der Waals surface area contributed by atoms with Crippen LogP contribution in [-0.4, -0.2) is 4.57 Å². The molecule has 1 aliphatic rings. The highest BCUT2D eigenvalue weighted by Gasteiger charge is 2.25. The molecule has 0 saturated heterocycles. The minimum atomic E-state index is -0.289. The summed E-state index contributed by atoms with van der Waals surface area (Å²) in [6.07, 6.45) is 18.5. The third-order valence-corrected chi connectivity index (χ3v) is 14.9. The number of aryl methyl sites for hydroxylation is 1. The summed E-state index contributed by atoms with van der Waals surface area (Å²) in [6, 6.07) is 75.4. The largest absolute Gasteiger partial charge is 0.456 e. The van der Waals surface area contributed by atoms with Gasteiger partial charge in [0, 0.05) is 27.3 Å². The van der Waals surface area contributed by atoms with Crippen LogP contribution < -0.4 is 0 Å². The van der Waals surface area contributed by atoms with Gasteiger partial charge in [0.25, 0.3) is 0 Å². The van der Waals surface area contributed by atoms with E-state index in [-0.39, 0.29) is 5.41 Å². The molecule has 344 valence electrons. The number of fused-ring (bicyclic) bond motifs is 4. The van der Waals surface area contributed by atoms with Crippen LogP contribution in [0, 0.1) is 19.3 Å². The molecule has 0 radical (unpaired) electrons. The Morgan fingerprint density at radius 2 is 1.00 bits per heavy atom. The minimum absolute atomic E-state index is 0.289. The Morgan fingerprint density at radius 1 is 0.486 bits per heavy atom. The van der Waals surface area contributed by atoms with Crippen molar-refractivity contribution >= 4 is 44.5 Å². The van der Waals surface area contributed by atoms with Crippen molar-refractivity contribution in [1.29, 1.82) is 0 Å². The summed E-state index contributed by atoms with van der Waals surface area (Å²) < 4.78 is 8.75. The molecule has 2 heteroatoms. The minimum Gasteiger partial charge on any atom is -0.456 e. The van der Waals surface area contributed by atoms with Crippen LogP contribution in [0.5, 0.6) is 0 Å². The van der Waals surface area contributed by atoms with E-state index in [4.69, 9.17) is 10.8 Å². The Balaban J connectivity index is 0.813. The molecule has 0 N–H and O–H groups in total. The lowest BCUT2D eigenvalue weighted by atomic mass is 9.77. The van der Waals surface area contributed by atoms with Crippen molar-refractivity contribution in [3.05, 3.63) is 259 Å². The maximum absolute atomic E-state index is 6.46. The molecule has 11 aromatic rings. The summed E-state index contributed by atoms with van der Waals surface area (Å²) in [6.45, 7) is 6.81. The molecule has 72 heavy (non-hydrogen) atoms. The number of para-hydroxylation sites is 1. The summed E-state index contributed by atoms with van der Waals surface area (Å²) in [5.74, 6) is 2.67. The van der Waals surface area contributed by atoms with Gasteiger partial charge in [-0.3, -0.25) is 0 Å². The molecule has 0 unspecified atom stereocenters. The molecule has 0 fully saturated rings. The molecule has 0 bridgehead atoms. The summed E-state index contributed by atoms with van der Waals surface area (Å²) in [5, 5.41) is 3.44. The fourth-order valence-electron chi connectivity index (χ4n) is 10.8. The van der Waals surface area contributed by atoms with Gasteiger partial charge in [0.2, 0.25) is 0 Å². The molecule has 0 saturated carbocycles. The Labute approximate surface area is 422 Å². The molecule has 9 aromatic carbocycles. The van der Waals surface area contributed by atoms with Crippen molar-refractivity contribution in [1.82, 2.24) is 4.57 Å². The number of hydrogen-bond acceptors (Lipinski definition) is 1. The van der Waals surface area contributed by atoms with Crippen LogP contribution in [0.4, 0.5) is 0 Å². The van der Waals surface area contributed by atoms with E-state index in [1.165, 1.54) is 77.7 Å². The first-order valence-electron chi connectivity index (χ1n) is 25.0. The molecular weight excluding hydrogens is 871 g/mol. The van der Waals surface area contributed by atoms with Gasteiger partial charge in [0.15, 0.2) is 0 Å². The van der Waals surface area contributed by atoms with Crippen LogP contribution in [0.15, 0.2) is 235 Å². The second-order valence-corrected chi connectivity index (χ2v) is 19.6. The third kappa shape index (κ3) is 8.20. The van der Waals surface area contributed by atoms with Gasteiger partial charge in [-0.15, -0.1) is 6.42 Å². The predicted octanol–water partition coefficient (Wildman–Crippen LogP) is 18.9. The second kappa shape index (κ2) is 18.4. The molecule has 2 aromatic heterocycles. The van der Waals surface area contributed by atoms with Gasteiger partial charge < -0.3 is 8.98 Å². The molecule has 1 aliphatic carbocycles. The molecule has 0 atom stereocenters. The van der Waals surface area contributed by atoms with E-state index in [0.717, 1.165) is 62.8 Å². The monoisotopic (exact) mass is 923 g/mol. The normalized spacial score (nSPS) is 12.8. The molecule has 2 nitrogen and oxygen atoms in total. The Bertz CT molecular complexity index is 4020. The number of rotatable bonds is 10. The van der Waals surface area contributed by atoms with Crippen LogP contribution in [0.3, 0.4) is 0 Å². The fraction of sp³-hybridized carbons (Fsp3) is 0.0857. The van der Waals surface area contributed by atoms with Crippen molar-refractivity contribution in [2.24, 2.45) is 0 Å². The lowest BCUT2D eigenvalue weighted by molar-refractivity contribution is 0.639. The zero-order chi connectivity index (χ0) is 48.8. The second-order valence-electron chi connectivity index (χ2n) is 19.6. The topological polar surface area (TPSA) is 18.1 Å². The van der Waals surface area contributed by atoms with Crippen molar-refractivity contribution in [3.8, 4) is 73.7 Å². The van der Waals surface area contributed by atoms with Gasteiger partial charge in [0.1, 0.15) is 11.2 Å². The highest BCUT2D eigenvalue weighted by Crippen LogP contribution is 2.40. The average Bonchev–Trinajstić information content (AvgIpc) is 3.96. The predicted molar refractivity (Wildman–Crippen MR) is 305 cm³/mol. The number of furan rings is 1. The lowest BCUT2D eigenvalue weighted by Crippen LogP contribution is -2.18. The van der Waals surface area contributed by atoms with Crippen molar-refractivity contribution in [2.45, 2.75) is 39.0 Å². The van der Waals surface area contributed by atoms with E-state index in [1.54, 1.807) is 6.08 Å². The highest BCUT2D eigenvalue weighted by molar-refractivity contribution is 6.06. The number of terminal acetylenes is 1. The first kappa shape index (κ1) is 44.3. The van der Waals surface area contributed by atoms with Crippen LogP contribution in [0.25, 0.3) is 106 Å². The van der Waals surface area contributed by atoms with Crippen LogP contribution >= 0.6 is 0 Å². The molecule has 2 heterocycles. The van der Waals surface area contributed by atoms with Crippen molar-refractivity contribution in [2.75, 3.05) is 0 Å². The first-order valence-corrected chi connectivity index (χ1v) is 25.0. The van der Waals surface area contributed by atoms with E-state index in [9.17, 15) is 0 Å². The Kier molecular flexibility index (Phi) is 11.4. The zero-order valence-electron chi connectivity index (χ0n) is 40.9. The quantitative estimate of drug-likeness (QED) is 0.125. The third-order valence-electron chi connectivity index (χ3n) is 14.9. The molecule has 12 rings (SSSR count). The van der Waals surface area contributed by atoms with Gasteiger partial charge in [0.05, 0.1) is 11.2 Å². The standard InChI is InChI=1S/C70H53NO/c1-5-6-30-66-47(2)63-29-10-11-31-67(63)71(66)62-36-32-49(33-37-62)59-34-38-68-64(45-59)65-46-61(35-39-69(65)72-68)70(3,4)60-28-16-27-58(44-60)57-26-15-25-56(43-57)55-24-14-23-54(42-55)53-22-13-21-52(41-53)51-20-12-19-50(40-51)48-17-8-7-9-18-48/h1,6,8,10-46H,7,9H2,2-4H3/b30-6-. The summed E-state index contributed by atoms with van der Waals surface area (Å²) in [5.41, 5.74) is 23.0. The summed E-state index contributed by atoms with van der Waals surface area (Å²) >= 11 is 0. The maximum Gasteiger partial charge on any atom is 0.135 e. The number of nitrogens with zero attached hydrogens (tertiary/aromatic N) is 1. The van der Waals surface area contributed by atoms with E-state index in [2.05, 4.69) is 256 Å². The number of allylic oxidation sites excluding steroid dienone is 5. The van der Waals surface area contributed by atoms with Crippen LogP contribution in [-0.2, 0) is 5.41 Å². The summed E-state index contributed by atoms with van der Waals surface area (Å²) in [4.78, 5) is 0. The number of aromatic nitrogens is 1. The molecule has 0 amide bonds. The van der Waals surface area contributed by atoms with Crippen LogP contribution in [0.1, 0.15) is 54.6 Å².